The summed E-state index contributed by atoms with van der Waals surface area (Å²) >= 11 is 0. The standard InChI is InChI=1S/C19H21NO2/c1-2-22-19(21)18-12-16-10-6-7-11-17(16)14-20(18)13-15-8-4-3-5-9-15/h3-11,18H,2,12-14H2,1H3/t18-/m1/s1. The average Bonchev–Trinajstić information content (AvgIpc) is 2.55. The first-order chi connectivity index (χ1) is 10.8. The molecule has 114 valence electrons. The molecule has 3 rings (SSSR count). The van der Waals surface area contributed by atoms with Gasteiger partial charge in [0.25, 0.3) is 0 Å². The zero-order chi connectivity index (χ0) is 15.4. The van der Waals surface area contributed by atoms with Crippen LogP contribution in [0.25, 0.3) is 0 Å². The smallest absolute Gasteiger partial charge is 0.323 e. The summed E-state index contributed by atoms with van der Waals surface area (Å²) in [5.41, 5.74) is 3.78. The molecule has 0 fully saturated rings. The van der Waals surface area contributed by atoms with E-state index in [4.69, 9.17) is 4.74 Å². The van der Waals surface area contributed by atoms with Crippen molar-refractivity contribution in [2.45, 2.75) is 32.5 Å². The lowest BCUT2D eigenvalue weighted by Crippen LogP contribution is -2.45. The van der Waals surface area contributed by atoms with Crippen molar-refractivity contribution >= 4 is 5.97 Å². The third-order valence-electron chi connectivity index (χ3n) is 4.13. The molecule has 0 aliphatic carbocycles. The molecule has 0 spiro atoms. The van der Waals surface area contributed by atoms with Gasteiger partial charge in [-0.2, -0.15) is 0 Å². The van der Waals surface area contributed by atoms with Crippen LogP contribution in [-0.4, -0.2) is 23.5 Å². The van der Waals surface area contributed by atoms with Crippen LogP contribution < -0.4 is 0 Å². The number of carbonyl (C=O) groups is 1. The summed E-state index contributed by atoms with van der Waals surface area (Å²) in [7, 11) is 0. The monoisotopic (exact) mass is 295 g/mol. The molecule has 0 amide bonds. The van der Waals surface area contributed by atoms with Crippen molar-refractivity contribution in [1.82, 2.24) is 4.90 Å². The molecule has 3 heteroatoms. The summed E-state index contributed by atoms with van der Waals surface area (Å²) in [5.74, 6) is -0.118. The van der Waals surface area contributed by atoms with Gasteiger partial charge in [-0.3, -0.25) is 9.69 Å². The van der Waals surface area contributed by atoms with E-state index in [1.54, 1.807) is 0 Å². The third-order valence-corrected chi connectivity index (χ3v) is 4.13. The van der Waals surface area contributed by atoms with E-state index >= 15 is 0 Å². The Kier molecular flexibility index (Phi) is 4.54. The minimum absolute atomic E-state index is 0.118. The van der Waals surface area contributed by atoms with E-state index in [-0.39, 0.29) is 12.0 Å². The first kappa shape index (κ1) is 14.8. The summed E-state index contributed by atoms with van der Waals surface area (Å²) in [4.78, 5) is 14.6. The molecule has 22 heavy (non-hydrogen) atoms. The zero-order valence-corrected chi connectivity index (χ0v) is 12.9. The highest BCUT2D eigenvalue weighted by molar-refractivity contribution is 5.76. The second-order valence-corrected chi connectivity index (χ2v) is 5.63. The highest BCUT2D eigenvalue weighted by Gasteiger charge is 2.32. The van der Waals surface area contributed by atoms with Crippen molar-refractivity contribution < 1.29 is 9.53 Å². The predicted octanol–water partition coefficient (Wildman–Crippen LogP) is 3.18. The Bertz CT molecular complexity index is 639. The van der Waals surface area contributed by atoms with Gasteiger partial charge < -0.3 is 4.74 Å². The fourth-order valence-corrected chi connectivity index (χ4v) is 3.03. The number of carbonyl (C=O) groups excluding carboxylic acids is 1. The quantitative estimate of drug-likeness (QED) is 0.811. The van der Waals surface area contributed by atoms with Gasteiger partial charge in [0.05, 0.1) is 6.61 Å². The van der Waals surface area contributed by atoms with Gasteiger partial charge in [-0.15, -0.1) is 0 Å². The molecule has 0 bridgehead atoms. The number of nitrogens with zero attached hydrogens (tertiary/aromatic N) is 1. The summed E-state index contributed by atoms with van der Waals surface area (Å²) in [5, 5.41) is 0. The zero-order valence-electron chi connectivity index (χ0n) is 12.9. The van der Waals surface area contributed by atoms with Gasteiger partial charge in [0.15, 0.2) is 0 Å². The highest BCUT2D eigenvalue weighted by Crippen LogP contribution is 2.25. The van der Waals surface area contributed by atoms with Gasteiger partial charge in [-0.1, -0.05) is 54.6 Å². The lowest BCUT2D eigenvalue weighted by molar-refractivity contribution is -0.150. The maximum absolute atomic E-state index is 12.3. The number of esters is 1. The molecule has 1 atom stereocenters. The van der Waals surface area contributed by atoms with Gasteiger partial charge >= 0.3 is 5.97 Å². The van der Waals surface area contributed by atoms with E-state index in [0.29, 0.717) is 6.61 Å². The molecule has 0 unspecified atom stereocenters. The van der Waals surface area contributed by atoms with Gasteiger partial charge in [0.1, 0.15) is 6.04 Å². The summed E-state index contributed by atoms with van der Waals surface area (Å²) < 4.78 is 5.28. The Morgan fingerprint density at radius 1 is 1.09 bits per heavy atom. The van der Waals surface area contributed by atoms with Gasteiger partial charge in [-0.25, -0.2) is 0 Å². The summed E-state index contributed by atoms with van der Waals surface area (Å²) in [6, 6.07) is 18.4. The van der Waals surface area contributed by atoms with Crippen molar-refractivity contribution in [3.05, 3.63) is 71.3 Å². The number of rotatable bonds is 4. The molecule has 1 heterocycles. The fourth-order valence-electron chi connectivity index (χ4n) is 3.03. The van der Waals surface area contributed by atoms with E-state index in [0.717, 1.165) is 19.5 Å². The highest BCUT2D eigenvalue weighted by atomic mass is 16.5. The van der Waals surface area contributed by atoms with Crippen molar-refractivity contribution in [2.24, 2.45) is 0 Å². The Hall–Kier alpha value is -2.13. The van der Waals surface area contributed by atoms with E-state index in [9.17, 15) is 4.79 Å². The predicted molar refractivity (Wildman–Crippen MR) is 86.3 cm³/mol. The molecule has 2 aromatic carbocycles. The van der Waals surface area contributed by atoms with Crippen LogP contribution in [0.15, 0.2) is 54.6 Å². The van der Waals surface area contributed by atoms with Crippen molar-refractivity contribution in [1.29, 1.82) is 0 Å². The normalized spacial score (nSPS) is 17.8. The second kappa shape index (κ2) is 6.75. The Balaban J connectivity index is 1.85. The van der Waals surface area contributed by atoms with E-state index in [2.05, 4.69) is 35.2 Å². The van der Waals surface area contributed by atoms with E-state index in [1.165, 1.54) is 16.7 Å². The number of hydrogen-bond acceptors (Lipinski definition) is 3. The SMILES string of the molecule is CCOC(=O)[C@H]1Cc2ccccc2CN1Cc1ccccc1. The minimum atomic E-state index is -0.199. The molecule has 1 aliphatic rings. The fraction of sp³-hybridized carbons (Fsp3) is 0.316. The van der Waals surface area contributed by atoms with E-state index in [1.807, 2.05) is 31.2 Å². The minimum Gasteiger partial charge on any atom is -0.465 e. The molecule has 0 saturated carbocycles. The number of hydrogen-bond donors (Lipinski definition) is 0. The molecular weight excluding hydrogens is 274 g/mol. The largest absolute Gasteiger partial charge is 0.465 e. The van der Waals surface area contributed by atoms with Crippen molar-refractivity contribution in [3.8, 4) is 0 Å². The van der Waals surface area contributed by atoms with Gasteiger partial charge in [0.2, 0.25) is 0 Å². The first-order valence-electron chi connectivity index (χ1n) is 7.79. The Labute approximate surface area is 131 Å². The molecule has 3 nitrogen and oxygen atoms in total. The maximum Gasteiger partial charge on any atom is 0.323 e. The average molecular weight is 295 g/mol. The molecule has 0 N–H and O–H groups in total. The Morgan fingerprint density at radius 2 is 1.77 bits per heavy atom. The maximum atomic E-state index is 12.3. The second-order valence-electron chi connectivity index (χ2n) is 5.63. The van der Waals surface area contributed by atoms with Crippen LogP contribution in [0.5, 0.6) is 0 Å². The lowest BCUT2D eigenvalue weighted by Gasteiger charge is -2.35. The van der Waals surface area contributed by atoms with Crippen LogP contribution in [-0.2, 0) is 29.0 Å². The summed E-state index contributed by atoms with van der Waals surface area (Å²) in [6.07, 6.45) is 0.724. The summed E-state index contributed by atoms with van der Waals surface area (Å²) in [6.45, 7) is 3.83. The van der Waals surface area contributed by atoms with Crippen LogP contribution in [0, 0.1) is 0 Å². The van der Waals surface area contributed by atoms with Crippen LogP contribution in [0.3, 0.4) is 0 Å². The van der Waals surface area contributed by atoms with Crippen LogP contribution in [0.2, 0.25) is 0 Å². The first-order valence-corrected chi connectivity index (χ1v) is 7.79. The molecule has 2 aromatic rings. The number of fused-ring (bicyclic) bond motifs is 1. The van der Waals surface area contributed by atoms with Crippen LogP contribution in [0.4, 0.5) is 0 Å². The van der Waals surface area contributed by atoms with Gasteiger partial charge in [0, 0.05) is 13.1 Å². The Morgan fingerprint density at radius 3 is 2.50 bits per heavy atom. The number of benzene rings is 2. The molecule has 0 aromatic heterocycles. The van der Waals surface area contributed by atoms with Crippen LogP contribution >= 0.6 is 0 Å². The lowest BCUT2D eigenvalue weighted by atomic mass is 9.93. The third kappa shape index (κ3) is 3.20. The molecule has 0 radical (unpaired) electrons. The van der Waals surface area contributed by atoms with Crippen LogP contribution in [0.1, 0.15) is 23.6 Å². The van der Waals surface area contributed by atoms with E-state index < -0.39 is 0 Å². The molecule has 1 aliphatic heterocycles. The number of ether oxygens (including phenoxy) is 1. The van der Waals surface area contributed by atoms with Crippen molar-refractivity contribution in [3.63, 3.8) is 0 Å². The topological polar surface area (TPSA) is 29.5 Å². The molecule has 0 saturated heterocycles. The van der Waals surface area contributed by atoms with Crippen molar-refractivity contribution in [2.75, 3.05) is 6.61 Å². The van der Waals surface area contributed by atoms with Gasteiger partial charge in [-0.05, 0) is 30.0 Å². The molecular formula is C19H21NO2.